The predicted molar refractivity (Wildman–Crippen MR) is 142 cm³/mol. The molecule has 3 aliphatic heterocycles. The molecule has 3 aliphatic rings. The number of hydrogen-bond acceptors (Lipinski definition) is 7. The SMILES string of the molecule is Cc1cccc2cccc(N3CCc4c(nc(OC[C@H]5C[C@@H](F)CN5C)nc4N4CCNCC4)C3)c12. The zero-order chi connectivity index (χ0) is 24.6. The highest BCUT2D eigenvalue weighted by molar-refractivity contribution is 5.97. The number of nitrogens with one attached hydrogen (secondary N) is 1. The number of hydrogen-bond donors (Lipinski definition) is 1. The number of alkyl halides is 1. The molecule has 36 heavy (non-hydrogen) atoms. The average molecular weight is 491 g/mol. The molecule has 1 aromatic heterocycles. The Morgan fingerprint density at radius 2 is 1.86 bits per heavy atom. The number of nitrogens with zero attached hydrogens (tertiary/aromatic N) is 5. The standard InChI is InChI=1S/C28H35FN6O/c1-19-5-3-6-20-7-4-8-25(26(19)20)35-12-9-23-24(17-35)31-28(32-27(23)34-13-10-30-11-14-34)36-18-22-15-21(29)16-33(22)2/h3-8,21-22,30H,9-18H2,1-2H3/t21-,22-/m1/s1. The molecule has 0 unspecified atom stereocenters. The number of ether oxygens (including phenoxy) is 1. The average Bonchev–Trinajstić information content (AvgIpc) is 3.23. The molecule has 2 atom stereocenters. The van der Waals surface area contributed by atoms with E-state index in [2.05, 4.69) is 58.4 Å². The zero-order valence-electron chi connectivity index (χ0n) is 21.2. The van der Waals surface area contributed by atoms with Crippen molar-refractivity contribution in [1.82, 2.24) is 20.2 Å². The molecule has 6 rings (SSSR count). The fourth-order valence-corrected chi connectivity index (χ4v) is 5.94. The van der Waals surface area contributed by atoms with E-state index in [9.17, 15) is 4.39 Å². The molecule has 0 bridgehead atoms. The molecule has 2 aromatic carbocycles. The Labute approximate surface area is 212 Å². The first kappa shape index (κ1) is 23.4. The van der Waals surface area contributed by atoms with E-state index in [1.807, 2.05) is 11.9 Å². The van der Waals surface area contributed by atoms with Crippen LogP contribution in [0.15, 0.2) is 36.4 Å². The Bertz CT molecular complexity index is 1240. The molecule has 1 N–H and O–H groups in total. The Morgan fingerprint density at radius 1 is 1.06 bits per heavy atom. The maximum atomic E-state index is 13.9. The number of likely N-dealkylation sites (N-methyl/N-ethyl adjacent to an activating group) is 1. The summed E-state index contributed by atoms with van der Waals surface area (Å²) in [4.78, 5) is 16.7. The number of aromatic nitrogens is 2. The summed E-state index contributed by atoms with van der Waals surface area (Å²) in [5.41, 5.74) is 4.81. The fraction of sp³-hybridized carbons (Fsp3) is 0.500. The van der Waals surface area contributed by atoms with Gasteiger partial charge in [0.15, 0.2) is 0 Å². The van der Waals surface area contributed by atoms with E-state index in [0.717, 1.165) is 57.2 Å². The van der Waals surface area contributed by atoms with Crippen LogP contribution in [0, 0.1) is 6.92 Å². The van der Waals surface area contributed by atoms with E-state index >= 15 is 0 Å². The Hall–Kier alpha value is -2.97. The second-order valence-corrected chi connectivity index (χ2v) is 10.4. The first-order chi connectivity index (χ1) is 17.6. The van der Waals surface area contributed by atoms with Crippen LogP contribution in [0.25, 0.3) is 10.8 Å². The van der Waals surface area contributed by atoms with E-state index in [-0.39, 0.29) is 6.04 Å². The van der Waals surface area contributed by atoms with Gasteiger partial charge in [-0.25, -0.2) is 4.39 Å². The molecule has 0 radical (unpaired) electrons. The largest absolute Gasteiger partial charge is 0.462 e. The van der Waals surface area contributed by atoms with Crippen LogP contribution in [0.5, 0.6) is 6.01 Å². The minimum absolute atomic E-state index is 0.0532. The molecule has 3 aromatic rings. The lowest BCUT2D eigenvalue weighted by Crippen LogP contribution is -2.45. The zero-order valence-corrected chi connectivity index (χ0v) is 21.2. The van der Waals surface area contributed by atoms with Gasteiger partial charge in [-0.05, 0) is 43.8 Å². The minimum Gasteiger partial charge on any atom is -0.462 e. The topological polar surface area (TPSA) is 56.8 Å². The normalized spacial score (nSPS) is 22.8. The molecule has 4 heterocycles. The number of piperazine rings is 1. The number of benzene rings is 2. The van der Waals surface area contributed by atoms with Crippen LogP contribution in [0.1, 0.15) is 23.2 Å². The molecule has 2 fully saturated rings. The monoisotopic (exact) mass is 490 g/mol. The lowest BCUT2D eigenvalue weighted by molar-refractivity contribution is 0.187. The first-order valence-corrected chi connectivity index (χ1v) is 13.1. The van der Waals surface area contributed by atoms with Crippen LogP contribution in [-0.2, 0) is 13.0 Å². The Balaban J connectivity index is 1.32. The van der Waals surface area contributed by atoms with E-state index in [4.69, 9.17) is 14.7 Å². The molecular weight excluding hydrogens is 455 g/mol. The van der Waals surface area contributed by atoms with Crippen molar-refractivity contribution in [2.24, 2.45) is 0 Å². The summed E-state index contributed by atoms with van der Waals surface area (Å²) in [6, 6.07) is 13.5. The highest BCUT2D eigenvalue weighted by Crippen LogP contribution is 2.35. The predicted octanol–water partition coefficient (Wildman–Crippen LogP) is 3.33. The van der Waals surface area contributed by atoms with Gasteiger partial charge in [0.2, 0.25) is 0 Å². The summed E-state index contributed by atoms with van der Waals surface area (Å²) in [5, 5.41) is 6.00. The third kappa shape index (κ3) is 4.48. The van der Waals surface area contributed by atoms with Crippen LogP contribution in [0.3, 0.4) is 0 Å². The van der Waals surface area contributed by atoms with Gasteiger partial charge in [-0.2, -0.15) is 9.97 Å². The maximum absolute atomic E-state index is 13.9. The smallest absolute Gasteiger partial charge is 0.318 e. The van der Waals surface area contributed by atoms with Gasteiger partial charge in [-0.15, -0.1) is 0 Å². The summed E-state index contributed by atoms with van der Waals surface area (Å²) in [5.74, 6) is 1.01. The van der Waals surface area contributed by atoms with Gasteiger partial charge < -0.3 is 19.9 Å². The van der Waals surface area contributed by atoms with Crippen molar-refractivity contribution in [1.29, 1.82) is 0 Å². The minimum atomic E-state index is -0.790. The molecule has 8 heteroatoms. The number of fused-ring (bicyclic) bond motifs is 2. The van der Waals surface area contributed by atoms with Gasteiger partial charge in [-0.3, -0.25) is 4.90 Å². The van der Waals surface area contributed by atoms with Gasteiger partial charge in [-0.1, -0.05) is 30.3 Å². The van der Waals surface area contributed by atoms with Crippen molar-refractivity contribution in [3.8, 4) is 6.01 Å². The molecular formula is C28H35FN6O. The van der Waals surface area contributed by atoms with Crippen molar-refractivity contribution in [3.63, 3.8) is 0 Å². The van der Waals surface area contributed by atoms with E-state index < -0.39 is 6.17 Å². The molecule has 7 nitrogen and oxygen atoms in total. The van der Waals surface area contributed by atoms with Crippen LogP contribution < -0.4 is 19.9 Å². The van der Waals surface area contributed by atoms with Gasteiger partial charge in [0.05, 0.1) is 12.2 Å². The molecule has 190 valence electrons. The van der Waals surface area contributed by atoms with E-state index in [1.165, 1.54) is 27.6 Å². The van der Waals surface area contributed by atoms with Gasteiger partial charge in [0.1, 0.15) is 18.6 Å². The highest BCUT2D eigenvalue weighted by Gasteiger charge is 2.31. The van der Waals surface area contributed by atoms with Crippen molar-refractivity contribution in [2.45, 2.75) is 38.5 Å². The van der Waals surface area contributed by atoms with Crippen LogP contribution in [0.2, 0.25) is 0 Å². The summed E-state index contributed by atoms with van der Waals surface area (Å²) < 4.78 is 20.0. The summed E-state index contributed by atoms with van der Waals surface area (Å²) in [6.07, 6.45) is 0.606. The number of halogens is 1. The summed E-state index contributed by atoms with van der Waals surface area (Å²) in [7, 11) is 1.96. The lowest BCUT2D eigenvalue weighted by atomic mass is 9.99. The van der Waals surface area contributed by atoms with Crippen molar-refractivity contribution >= 4 is 22.3 Å². The first-order valence-electron chi connectivity index (χ1n) is 13.1. The quantitative estimate of drug-likeness (QED) is 0.589. The van der Waals surface area contributed by atoms with Crippen LogP contribution >= 0.6 is 0 Å². The number of likely N-dealkylation sites (tertiary alicyclic amines) is 1. The molecule has 2 saturated heterocycles. The maximum Gasteiger partial charge on any atom is 0.318 e. The highest BCUT2D eigenvalue weighted by atomic mass is 19.1. The third-order valence-corrected chi connectivity index (χ3v) is 7.91. The summed E-state index contributed by atoms with van der Waals surface area (Å²) in [6.45, 7) is 8.43. The lowest BCUT2D eigenvalue weighted by Gasteiger charge is -2.35. The third-order valence-electron chi connectivity index (χ3n) is 7.91. The van der Waals surface area contributed by atoms with E-state index in [0.29, 0.717) is 25.6 Å². The van der Waals surface area contributed by atoms with Crippen LogP contribution in [-0.4, -0.2) is 80.0 Å². The molecule has 0 saturated carbocycles. The van der Waals surface area contributed by atoms with Gasteiger partial charge in [0.25, 0.3) is 0 Å². The number of anilines is 2. The second-order valence-electron chi connectivity index (χ2n) is 10.4. The second kappa shape index (κ2) is 9.82. The Morgan fingerprint density at radius 3 is 2.64 bits per heavy atom. The molecule has 0 amide bonds. The van der Waals surface area contributed by atoms with Gasteiger partial charge in [0, 0.05) is 61.9 Å². The van der Waals surface area contributed by atoms with Crippen molar-refractivity contribution < 1.29 is 9.13 Å². The molecule has 0 spiro atoms. The van der Waals surface area contributed by atoms with Crippen LogP contribution in [0.4, 0.5) is 15.9 Å². The summed E-state index contributed by atoms with van der Waals surface area (Å²) >= 11 is 0. The van der Waals surface area contributed by atoms with Crippen molar-refractivity contribution in [2.75, 3.05) is 62.7 Å². The van der Waals surface area contributed by atoms with Gasteiger partial charge >= 0.3 is 6.01 Å². The number of rotatable bonds is 5. The number of aryl methyl sites for hydroxylation is 1. The Kier molecular flexibility index (Phi) is 6.39. The van der Waals surface area contributed by atoms with Crippen molar-refractivity contribution in [3.05, 3.63) is 53.2 Å². The molecule has 0 aliphatic carbocycles. The van der Waals surface area contributed by atoms with E-state index in [1.54, 1.807) is 0 Å². The fourth-order valence-electron chi connectivity index (χ4n) is 5.94.